The Morgan fingerprint density at radius 1 is 0.960 bits per heavy atom. The number of ether oxygens (including phenoxy) is 3. The lowest BCUT2D eigenvalue weighted by Gasteiger charge is -2.14. The number of allylic oxidation sites excluding steroid dienone is 2. The fraction of sp³-hybridized carbons (Fsp3) is 0.632. The molecule has 0 amide bonds. The first-order valence-electron chi connectivity index (χ1n) is 8.19. The number of esters is 3. The third-order valence-electron chi connectivity index (χ3n) is 3.21. The van der Waals surface area contributed by atoms with Crippen LogP contribution >= 0.6 is 0 Å². The second-order valence-corrected chi connectivity index (χ2v) is 5.87. The second kappa shape index (κ2) is 15.4. The van der Waals surface area contributed by atoms with E-state index in [9.17, 15) is 14.4 Å². The number of methoxy groups -OCH3 is 2. The van der Waals surface area contributed by atoms with Crippen LogP contribution in [0.2, 0.25) is 0 Å². The highest BCUT2D eigenvalue weighted by Crippen LogP contribution is 2.15. The van der Waals surface area contributed by atoms with E-state index in [4.69, 9.17) is 4.74 Å². The van der Waals surface area contributed by atoms with Gasteiger partial charge in [0.1, 0.15) is 0 Å². The van der Waals surface area contributed by atoms with Crippen LogP contribution in [-0.4, -0.2) is 38.7 Å². The van der Waals surface area contributed by atoms with E-state index in [1.54, 1.807) is 0 Å². The Morgan fingerprint density at radius 2 is 1.44 bits per heavy atom. The van der Waals surface area contributed by atoms with Crippen molar-refractivity contribution in [1.82, 2.24) is 0 Å². The summed E-state index contributed by atoms with van der Waals surface area (Å²) in [7, 11) is 2.64. The molecule has 0 saturated heterocycles. The third-order valence-corrected chi connectivity index (χ3v) is 3.21. The molecule has 1 unspecified atom stereocenters. The standard InChI is InChI=1S/C12H20O2.C7H12O4/c1-9(2)6-7-12(10(3)4)8-14-11(5)13;1-10-6(8)4-3-5-7(9)11-2/h6,12H,3,7-8H2,1-2,4-5H3;3-5H2,1-2H3. The predicted molar refractivity (Wildman–Crippen MR) is 96.9 cm³/mol. The SMILES string of the molecule is C=C(C)C(CC=C(C)C)COC(C)=O.COC(=O)CCCC(=O)OC. The maximum atomic E-state index is 10.6. The average molecular weight is 356 g/mol. The number of carbonyl (C=O) groups excluding carboxylic acids is 3. The molecule has 144 valence electrons. The van der Waals surface area contributed by atoms with Crippen LogP contribution in [0.15, 0.2) is 23.8 Å². The lowest BCUT2D eigenvalue weighted by atomic mass is 9.98. The zero-order chi connectivity index (χ0) is 19.8. The van der Waals surface area contributed by atoms with Crippen molar-refractivity contribution in [1.29, 1.82) is 0 Å². The van der Waals surface area contributed by atoms with Gasteiger partial charge in [-0.05, 0) is 33.6 Å². The molecule has 0 aromatic carbocycles. The molecule has 0 aliphatic heterocycles. The molecule has 0 radical (unpaired) electrons. The van der Waals surface area contributed by atoms with Crippen LogP contribution in [0.4, 0.5) is 0 Å². The van der Waals surface area contributed by atoms with Gasteiger partial charge in [-0.2, -0.15) is 0 Å². The fourth-order valence-electron chi connectivity index (χ4n) is 1.59. The van der Waals surface area contributed by atoms with Gasteiger partial charge in [0.25, 0.3) is 0 Å². The van der Waals surface area contributed by atoms with E-state index in [0.717, 1.165) is 12.0 Å². The average Bonchev–Trinajstić information content (AvgIpc) is 2.54. The van der Waals surface area contributed by atoms with E-state index in [1.165, 1.54) is 26.7 Å². The number of hydrogen-bond donors (Lipinski definition) is 0. The summed E-state index contributed by atoms with van der Waals surface area (Å²) in [6.45, 7) is 11.8. The van der Waals surface area contributed by atoms with Gasteiger partial charge >= 0.3 is 17.9 Å². The smallest absolute Gasteiger partial charge is 0.305 e. The highest BCUT2D eigenvalue weighted by Gasteiger charge is 2.09. The quantitative estimate of drug-likeness (QED) is 0.357. The van der Waals surface area contributed by atoms with Gasteiger partial charge in [-0.3, -0.25) is 14.4 Å². The van der Waals surface area contributed by atoms with E-state index >= 15 is 0 Å². The highest BCUT2D eigenvalue weighted by molar-refractivity contribution is 5.72. The molecule has 0 saturated carbocycles. The summed E-state index contributed by atoms with van der Waals surface area (Å²) in [6, 6.07) is 0. The molecular weight excluding hydrogens is 324 g/mol. The van der Waals surface area contributed by atoms with Crippen LogP contribution in [0.3, 0.4) is 0 Å². The topological polar surface area (TPSA) is 78.9 Å². The van der Waals surface area contributed by atoms with E-state index < -0.39 is 0 Å². The number of carbonyl (C=O) groups is 3. The van der Waals surface area contributed by atoms with Crippen LogP contribution in [0.1, 0.15) is 53.4 Å². The van der Waals surface area contributed by atoms with Crippen LogP contribution in [0.25, 0.3) is 0 Å². The lowest BCUT2D eigenvalue weighted by Crippen LogP contribution is -2.12. The van der Waals surface area contributed by atoms with E-state index in [1.807, 2.05) is 6.92 Å². The van der Waals surface area contributed by atoms with E-state index in [-0.39, 0.29) is 36.7 Å². The van der Waals surface area contributed by atoms with Crippen molar-refractivity contribution in [2.24, 2.45) is 5.92 Å². The van der Waals surface area contributed by atoms with Gasteiger partial charge in [-0.1, -0.05) is 23.8 Å². The summed E-state index contributed by atoms with van der Waals surface area (Å²) in [6.07, 6.45) is 4.06. The molecule has 6 heteroatoms. The predicted octanol–water partition coefficient (Wildman–Crippen LogP) is 3.60. The van der Waals surface area contributed by atoms with Gasteiger partial charge in [-0.25, -0.2) is 0 Å². The van der Waals surface area contributed by atoms with E-state index in [0.29, 0.717) is 13.0 Å². The summed E-state index contributed by atoms with van der Waals surface area (Å²) in [4.78, 5) is 31.7. The summed E-state index contributed by atoms with van der Waals surface area (Å²) in [5.74, 6) is -0.579. The molecule has 0 aromatic heterocycles. The summed E-state index contributed by atoms with van der Waals surface area (Å²) in [5.41, 5.74) is 2.34. The Kier molecular flexibility index (Phi) is 15.5. The molecule has 0 spiro atoms. The van der Waals surface area contributed by atoms with Crippen molar-refractivity contribution in [3.8, 4) is 0 Å². The minimum absolute atomic E-state index is 0.228. The van der Waals surface area contributed by atoms with Gasteiger partial charge in [-0.15, -0.1) is 0 Å². The first kappa shape index (κ1) is 25.1. The third kappa shape index (κ3) is 18.1. The summed E-state index contributed by atoms with van der Waals surface area (Å²) in [5, 5.41) is 0. The molecule has 0 rings (SSSR count). The number of rotatable bonds is 9. The van der Waals surface area contributed by atoms with Crippen molar-refractivity contribution in [3.63, 3.8) is 0 Å². The summed E-state index contributed by atoms with van der Waals surface area (Å²) < 4.78 is 13.7. The maximum absolute atomic E-state index is 10.6. The Bertz CT molecular complexity index is 445. The van der Waals surface area contributed by atoms with Crippen LogP contribution in [0.5, 0.6) is 0 Å². The molecule has 0 aromatic rings. The summed E-state index contributed by atoms with van der Waals surface area (Å²) >= 11 is 0. The molecule has 0 N–H and O–H groups in total. The molecule has 0 heterocycles. The fourth-order valence-corrected chi connectivity index (χ4v) is 1.59. The van der Waals surface area contributed by atoms with Crippen molar-refractivity contribution in [2.75, 3.05) is 20.8 Å². The zero-order valence-electron chi connectivity index (χ0n) is 16.3. The molecule has 0 bridgehead atoms. The molecule has 25 heavy (non-hydrogen) atoms. The lowest BCUT2D eigenvalue weighted by molar-refractivity contribution is -0.143. The van der Waals surface area contributed by atoms with E-state index in [2.05, 4.69) is 36.0 Å². The Labute approximate surface area is 151 Å². The monoisotopic (exact) mass is 356 g/mol. The molecule has 6 nitrogen and oxygen atoms in total. The minimum Gasteiger partial charge on any atom is -0.469 e. The Balaban J connectivity index is 0. The van der Waals surface area contributed by atoms with Gasteiger partial charge in [0.15, 0.2) is 0 Å². The van der Waals surface area contributed by atoms with Gasteiger partial charge in [0.05, 0.1) is 20.8 Å². The number of hydrogen-bond acceptors (Lipinski definition) is 6. The van der Waals surface area contributed by atoms with Gasteiger partial charge < -0.3 is 14.2 Å². The first-order chi connectivity index (χ1) is 11.6. The van der Waals surface area contributed by atoms with Crippen molar-refractivity contribution in [3.05, 3.63) is 23.8 Å². The Hall–Kier alpha value is -2.11. The molecular formula is C19H32O6. The van der Waals surface area contributed by atoms with Gasteiger partial charge in [0.2, 0.25) is 0 Å². The second-order valence-electron chi connectivity index (χ2n) is 5.87. The molecule has 1 atom stereocenters. The normalized spacial score (nSPS) is 10.5. The van der Waals surface area contributed by atoms with Crippen molar-refractivity contribution < 1.29 is 28.6 Å². The van der Waals surface area contributed by atoms with Gasteiger partial charge in [0, 0.05) is 25.7 Å². The van der Waals surface area contributed by atoms with Crippen molar-refractivity contribution in [2.45, 2.75) is 53.4 Å². The van der Waals surface area contributed by atoms with Crippen molar-refractivity contribution >= 4 is 17.9 Å². The van der Waals surface area contributed by atoms with Crippen LogP contribution < -0.4 is 0 Å². The molecule has 0 aliphatic carbocycles. The Morgan fingerprint density at radius 3 is 1.76 bits per heavy atom. The molecule has 0 aliphatic rings. The highest BCUT2D eigenvalue weighted by atomic mass is 16.5. The van der Waals surface area contributed by atoms with Crippen LogP contribution in [0, 0.1) is 5.92 Å². The molecule has 0 fully saturated rings. The zero-order valence-corrected chi connectivity index (χ0v) is 16.3. The van der Waals surface area contributed by atoms with Crippen LogP contribution in [-0.2, 0) is 28.6 Å². The maximum Gasteiger partial charge on any atom is 0.305 e. The first-order valence-corrected chi connectivity index (χ1v) is 8.19. The minimum atomic E-state index is -0.297. The largest absolute Gasteiger partial charge is 0.469 e.